The summed E-state index contributed by atoms with van der Waals surface area (Å²) in [6, 6.07) is 9.78. The normalized spacial score (nSPS) is 15.0. The van der Waals surface area contributed by atoms with E-state index in [1.54, 1.807) is 6.20 Å². The fourth-order valence-corrected chi connectivity index (χ4v) is 2.99. The molecule has 0 atom stereocenters. The number of para-hydroxylation sites is 1. The Morgan fingerprint density at radius 3 is 2.46 bits per heavy atom. The number of rotatable bonds is 2. The molecular formula is C17H19N7. The molecule has 2 aromatic heterocycles. The van der Waals surface area contributed by atoms with Gasteiger partial charge in [-0.3, -0.25) is 0 Å². The highest BCUT2D eigenvalue weighted by Crippen LogP contribution is 2.22. The SMILES string of the molecule is Cc1nccc(N2CCN(c3nc(N)c4ccccc4n3)CC2)n1. The number of anilines is 3. The molecule has 0 amide bonds. The van der Waals surface area contributed by atoms with Gasteiger partial charge in [-0.25, -0.2) is 15.0 Å². The molecule has 2 N–H and O–H groups in total. The van der Waals surface area contributed by atoms with Crippen molar-refractivity contribution in [2.75, 3.05) is 41.7 Å². The van der Waals surface area contributed by atoms with Crippen LogP contribution in [0.5, 0.6) is 0 Å². The summed E-state index contributed by atoms with van der Waals surface area (Å²) in [4.78, 5) is 22.2. The van der Waals surface area contributed by atoms with E-state index in [4.69, 9.17) is 5.73 Å². The van der Waals surface area contributed by atoms with Crippen molar-refractivity contribution in [3.8, 4) is 0 Å². The van der Waals surface area contributed by atoms with E-state index in [9.17, 15) is 0 Å². The molecule has 0 saturated carbocycles. The molecule has 1 fully saturated rings. The monoisotopic (exact) mass is 321 g/mol. The van der Waals surface area contributed by atoms with Gasteiger partial charge in [0.05, 0.1) is 5.52 Å². The highest BCUT2D eigenvalue weighted by atomic mass is 15.3. The number of nitrogens with two attached hydrogens (primary N) is 1. The van der Waals surface area contributed by atoms with Gasteiger partial charge in [0.1, 0.15) is 17.5 Å². The molecule has 122 valence electrons. The van der Waals surface area contributed by atoms with Crippen molar-refractivity contribution in [2.45, 2.75) is 6.92 Å². The van der Waals surface area contributed by atoms with Crippen molar-refractivity contribution in [2.24, 2.45) is 0 Å². The topological polar surface area (TPSA) is 84.1 Å². The minimum absolute atomic E-state index is 0.532. The Morgan fingerprint density at radius 2 is 1.67 bits per heavy atom. The summed E-state index contributed by atoms with van der Waals surface area (Å²) in [6.45, 7) is 5.31. The molecule has 1 aliphatic heterocycles. The Kier molecular flexibility index (Phi) is 3.60. The number of piperazine rings is 1. The average Bonchev–Trinajstić information content (AvgIpc) is 2.62. The van der Waals surface area contributed by atoms with Gasteiger partial charge in [-0.15, -0.1) is 0 Å². The fraction of sp³-hybridized carbons (Fsp3) is 0.294. The molecule has 24 heavy (non-hydrogen) atoms. The fourth-order valence-electron chi connectivity index (χ4n) is 2.99. The van der Waals surface area contributed by atoms with Crippen molar-refractivity contribution >= 4 is 28.5 Å². The molecule has 0 radical (unpaired) electrons. The van der Waals surface area contributed by atoms with Gasteiger partial charge in [0.25, 0.3) is 0 Å². The lowest BCUT2D eigenvalue weighted by Crippen LogP contribution is -2.47. The highest BCUT2D eigenvalue weighted by Gasteiger charge is 2.21. The molecule has 3 heterocycles. The van der Waals surface area contributed by atoms with Gasteiger partial charge in [-0.1, -0.05) is 12.1 Å². The standard InChI is InChI=1S/C17H19N7/c1-12-19-7-6-15(20-12)23-8-10-24(11-9-23)17-21-14-5-3-2-4-13(14)16(18)22-17/h2-7H,8-11H2,1H3,(H2,18,21,22). The third-order valence-corrected chi connectivity index (χ3v) is 4.27. The number of aromatic nitrogens is 4. The summed E-state index contributed by atoms with van der Waals surface area (Å²) in [7, 11) is 0. The third-order valence-electron chi connectivity index (χ3n) is 4.27. The van der Waals surface area contributed by atoms with E-state index in [1.165, 1.54) is 0 Å². The van der Waals surface area contributed by atoms with E-state index in [1.807, 2.05) is 37.3 Å². The zero-order valence-corrected chi connectivity index (χ0v) is 13.6. The molecule has 4 rings (SSSR count). The highest BCUT2D eigenvalue weighted by molar-refractivity contribution is 5.88. The van der Waals surface area contributed by atoms with Crippen molar-refractivity contribution in [3.63, 3.8) is 0 Å². The first-order valence-electron chi connectivity index (χ1n) is 8.02. The van der Waals surface area contributed by atoms with Crippen LogP contribution in [-0.2, 0) is 0 Å². The zero-order chi connectivity index (χ0) is 16.5. The molecule has 1 aromatic carbocycles. The Bertz CT molecular complexity index is 872. The predicted molar refractivity (Wildman–Crippen MR) is 95.1 cm³/mol. The molecule has 0 aliphatic carbocycles. The van der Waals surface area contributed by atoms with Crippen LogP contribution in [-0.4, -0.2) is 46.1 Å². The average molecular weight is 321 g/mol. The van der Waals surface area contributed by atoms with Crippen LogP contribution in [0.15, 0.2) is 36.5 Å². The lowest BCUT2D eigenvalue weighted by Gasteiger charge is -2.35. The lowest BCUT2D eigenvalue weighted by molar-refractivity contribution is 0.634. The quantitative estimate of drug-likeness (QED) is 0.768. The zero-order valence-electron chi connectivity index (χ0n) is 13.6. The van der Waals surface area contributed by atoms with Gasteiger partial charge >= 0.3 is 0 Å². The maximum atomic E-state index is 6.09. The second kappa shape index (κ2) is 5.92. The first-order chi connectivity index (χ1) is 11.7. The molecule has 7 nitrogen and oxygen atoms in total. The molecule has 1 saturated heterocycles. The van der Waals surface area contributed by atoms with Gasteiger partial charge < -0.3 is 15.5 Å². The Hall–Kier alpha value is -2.96. The maximum absolute atomic E-state index is 6.09. The van der Waals surface area contributed by atoms with Crippen LogP contribution in [0.3, 0.4) is 0 Å². The van der Waals surface area contributed by atoms with E-state index in [0.29, 0.717) is 11.8 Å². The number of nitrogen functional groups attached to an aromatic ring is 1. The molecule has 0 bridgehead atoms. The molecule has 1 aliphatic rings. The van der Waals surface area contributed by atoms with Crippen LogP contribution in [0.25, 0.3) is 10.9 Å². The van der Waals surface area contributed by atoms with Crippen LogP contribution in [0.2, 0.25) is 0 Å². The van der Waals surface area contributed by atoms with Crippen LogP contribution >= 0.6 is 0 Å². The lowest BCUT2D eigenvalue weighted by atomic mass is 10.2. The van der Waals surface area contributed by atoms with Gasteiger partial charge in [0.2, 0.25) is 5.95 Å². The summed E-state index contributed by atoms with van der Waals surface area (Å²) in [5.41, 5.74) is 6.98. The van der Waals surface area contributed by atoms with Gasteiger partial charge in [0, 0.05) is 37.8 Å². The van der Waals surface area contributed by atoms with Gasteiger partial charge in [-0.2, -0.15) is 4.98 Å². The van der Waals surface area contributed by atoms with Gasteiger partial charge in [0.15, 0.2) is 0 Å². The second-order valence-electron chi connectivity index (χ2n) is 5.86. The molecular weight excluding hydrogens is 302 g/mol. The number of fused-ring (bicyclic) bond motifs is 1. The number of hydrogen-bond acceptors (Lipinski definition) is 7. The van der Waals surface area contributed by atoms with Crippen LogP contribution < -0.4 is 15.5 Å². The van der Waals surface area contributed by atoms with Crippen LogP contribution in [0, 0.1) is 6.92 Å². The molecule has 7 heteroatoms. The predicted octanol–water partition coefficient (Wildman–Crippen LogP) is 1.64. The Balaban J connectivity index is 1.54. The van der Waals surface area contributed by atoms with E-state index in [0.717, 1.165) is 48.7 Å². The number of hydrogen-bond donors (Lipinski definition) is 1. The largest absolute Gasteiger partial charge is 0.383 e. The summed E-state index contributed by atoms with van der Waals surface area (Å²) >= 11 is 0. The van der Waals surface area contributed by atoms with E-state index >= 15 is 0 Å². The Morgan fingerprint density at radius 1 is 0.917 bits per heavy atom. The van der Waals surface area contributed by atoms with Crippen LogP contribution in [0.4, 0.5) is 17.6 Å². The van der Waals surface area contributed by atoms with E-state index in [2.05, 4.69) is 29.7 Å². The van der Waals surface area contributed by atoms with E-state index in [-0.39, 0.29) is 0 Å². The first kappa shape index (κ1) is 14.6. The number of aryl methyl sites for hydroxylation is 1. The van der Waals surface area contributed by atoms with Crippen molar-refractivity contribution in [1.82, 2.24) is 19.9 Å². The van der Waals surface area contributed by atoms with E-state index < -0.39 is 0 Å². The minimum atomic E-state index is 0.532. The number of nitrogens with zero attached hydrogens (tertiary/aromatic N) is 6. The van der Waals surface area contributed by atoms with Gasteiger partial charge in [-0.05, 0) is 25.1 Å². The first-order valence-corrected chi connectivity index (χ1v) is 8.02. The molecule has 0 spiro atoms. The Labute approximate surface area is 140 Å². The summed E-state index contributed by atoms with van der Waals surface area (Å²) in [5, 5.41) is 0.899. The smallest absolute Gasteiger partial charge is 0.228 e. The summed E-state index contributed by atoms with van der Waals surface area (Å²) < 4.78 is 0. The second-order valence-corrected chi connectivity index (χ2v) is 5.86. The van der Waals surface area contributed by atoms with Crippen molar-refractivity contribution < 1.29 is 0 Å². The third kappa shape index (κ3) is 2.68. The van der Waals surface area contributed by atoms with Crippen molar-refractivity contribution in [3.05, 3.63) is 42.4 Å². The number of benzene rings is 1. The summed E-state index contributed by atoms with van der Waals surface area (Å²) in [6.07, 6.45) is 1.80. The molecule has 0 unspecified atom stereocenters. The van der Waals surface area contributed by atoms with Crippen LogP contribution in [0.1, 0.15) is 5.82 Å². The maximum Gasteiger partial charge on any atom is 0.228 e. The summed E-state index contributed by atoms with van der Waals surface area (Å²) in [5.74, 6) is 3.00. The van der Waals surface area contributed by atoms with Crippen molar-refractivity contribution in [1.29, 1.82) is 0 Å². The minimum Gasteiger partial charge on any atom is -0.383 e. The molecule has 3 aromatic rings.